The van der Waals surface area contributed by atoms with Crippen LogP contribution in [0.5, 0.6) is 0 Å². The predicted molar refractivity (Wildman–Crippen MR) is 71.4 cm³/mol. The van der Waals surface area contributed by atoms with Gasteiger partial charge >= 0.3 is 5.97 Å². The molecule has 0 spiro atoms. The Morgan fingerprint density at radius 2 is 2.30 bits per heavy atom. The van der Waals surface area contributed by atoms with E-state index in [0.29, 0.717) is 12.1 Å². The van der Waals surface area contributed by atoms with Gasteiger partial charge < -0.3 is 15.0 Å². The van der Waals surface area contributed by atoms with Gasteiger partial charge in [0.2, 0.25) is 0 Å². The van der Waals surface area contributed by atoms with Crippen molar-refractivity contribution in [2.75, 3.05) is 5.32 Å². The lowest BCUT2D eigenvalue weighted by Gasteiger charge is -2.13. The molecule has 0 aliphatic heterocycles. The minimum Gasteiger partial charge on any atom is -0.479 e. The summed E-state index contributed by atoms with van der Waals surface area (Å²) in [6, 6.07) is -1.07. The van der Waals surface area contributed by atoms with Crippen molar-refractivity contribution in [1.82, 2.24) is 19.3 Å². The molecule has 2 rings (SSSR count). The van der Waals surface area contributed by atoms with Crippen LogP contribution >= 0.6 is 0 Å². The SMILES string of the molecule is CCn1ccnc(NC(C(=O)O)c2cnn(C)c2)c1=O. The maximum atomic E-state index is 12.0. The summed E-state index contributed by atoms with van der Waals surface area (Å²) in [6.45, 7) is 2.31. The number of carboxylic acid groups (broad SMARTS) is 1. The van der Waals surface area contributed by atoms with Crippen molar-refractivity contribution < 1.29 is 9.90 Å². The van der Waals surface area contributed by atoms with Gasteiger partial charge in [0.05, 0.1) is 6.20 Å². The first-order valence-electron chi connectivity index (χ1n) is 6.06. The topological polar surface area (TPSA) is 102 Å². The van der Waals surface area contributed by atoms with Crippen molar-refractivity contribution in [3.63, 3.8) is 0 Å². The molecule has 0 amide bonds. The van der Waals surface area contributed by atoms with Crippen molar-refractivity contribution in [1.29, 1.82) is 0 Å². The van der Waals surface area contributed by atoms with Crippen LogP contribution in [0.15, 0.2) is 29.6 Å². The second-order valence-electron chi connectivity index (χ2n) is 4.23. The molecule has 2 N–H and O–H groups in total. The van der Waals surface area contributed by atoms with Crippen LogP contribution in [-0.2, 0) is 18.4 Å². The average molecular weight is 277 g/mol. The molecule has 0 radical (unpaired) electrons. The summed E-state index contributed by atoms with van der Waals surface area (Å²) in [7, 11) is 1.69. The second kappa shape index (κ2) is 5.55. The third kappa shape index (κ3) is 2.68. The zero-order valence-electron chi connectivity index (χ0n) is 11.1. The summed E-state index contributed by atoms with van der Waals surface area (Å²) in [5.41, 5.74) is 0.0956. The number of hydrogen-bond donors (Lipinski definition) is 2. The molecule has 0 aromatic carbocycles. The number of carbonyl (C=O) groups is 1. The van der Waals surface area contributed by atoms with Gasteiger partial charge in [-0.15, -0.1) is 0 Å². The van der Waals surface area contributed by atoms with Crippen molar-refractivity contribution >= 4 is 11.8 Å². The molecule has 0 saturated carbocycles. The van der Waals surface area contributed by atoms with Gasteiger partial charge in [-0.1, -0.05) is 0 Å². The molecule has 2 aromatic rings. The Labute approximate surface area is 114 Å². The average Bonchev–Trinajstić information content (AvgIpc) is 2.83. The summed E-state index contributed by atoms with van der Waals surface area (Å²) in [4.78, 5) is 27.3. The Balaban J connectivity index is 2.35. The molecule has 0 fully saturated rings. The molecule has 20 heavy (non-hydrogen) atoms. The first-order valence-corrected chi connectivity index (χ1v) is 6.06. The van der Waals surface area contributed by atoms with Gasteiger partial charge in [0.25, 0.3) is 5.56 Å². The largest absolute Gasteiger partial charge is 0.479 e. The number of aryl methyl sites for hydroxylation is 2. The molecular formula is C12H15N5O3. The van der Waals surface area contributed by atoms with E-state index in [1.807, 2.05) is 6.92 Å². The number of aliphatic carboxylic acids is 1. The van der Waals surface area contributed by atoms with Crippen LogP contribution in [0.4, 0.5) is 5.82 Å². The third-order valence-corrected chi connectivity index (χ3v) is 2.84. The fraction of sp³-hybridized carbons (Fsp3) is 0.333. The molecule has 8 heteroatoms. The highest BCUT2D eigenvalue weighted by Gasteiger charge is 2.23. The third-order valence-electron chi connectivity index (χ3n) is 2.84. The van der Waals surface area contributed by atoms with Crippen molar-refractivity contribution in [2.24, 2.45) is 7.05 Å². The molecule has 0 aliphatic carbocycles. The smallest absolute Gasteiger partial charge is 0.330 e. The van der Waals surface area contributed by atoms with Gasteiger partial charge in [-0.25, -0.2) is 9.78 Å². The number of rotatable bonds is 5. The Hall–Kier alpha value is -2.64. The van der Waals surface area contributed by atoms with E-state index >= 15 is 0 Å². The van der Waals surface area contributed by atoms with E-state index < -0.39 is 12.0 Å². The molecule has 1 unspecified atom stereocenters. The van der Waals surface area contributed by atoms with Gasteiger partial charge in [0, 0.05) is 37.7 Å². The molecule has 8 nitrogen and oxygen atoms in total. The van der Waals surface area contributed by atoms with E-state index in [2.05, 4.69) is 15.4 Å². The van der Waals surface area contributed by atoms with E-state index in [-0.39, 0.29) is 11.4 Å². The van der Waals surface area contributed by atoms with Crippen LogP contribution in [-0.4, -0.2) is 30.4 Å². The van der Waals surface area contributed by atoms with E-state index in [1.165, 1.54) is 21.6 Å². The zero-order valence-corrected chi connectivity index (χ0v) is 11.1. The van der Waals surface area contributed by atoms with Crippen LogP contribution in [0.25, 0.3) is 0 Å². The normalized spacial score (nSPS) is 12.1. The number of nitrogens with zero attached hydrogens (tertiary/aromatic N) is 4. The quantitative estimate of drug-likeness (QED) is 0.811. The fourth-order valence-electron chi connectivity index (χ4n) is 1.81. The fourth-order valence-corrected chi connectivity index (χ4v) is 1.81. The Bertz CT molecular complexity index is 676. The van der Waals surface area contributed by atoms with E-state index in [4.69, 9.17) is 0 Å². The van der Waals surface area contributed by atoms with E-state index in [0.717, 1.165) is 0 Å². The van der Waals surface area contributed by atoms with Crippen molar-refractivity contribution in [2.45, 2.75) is 19.5 Å². The lowest BCUT2D eigenvalue weighted by atomic mass is 10.1. The highest BCUT2D eigenvalue weighted by Crippen LogP contribution is 2.16. The lowest BCUT2D eigenvalue weighted by molar-refractivity contribution is -0.138. The first-order chi connectivity index (χ1) is 9.52. The molecular weight excluding hydrogens is 262 g/mol. The maximum absolute atomic E-state index is 12.0. The van der Waals surface area contributed by atoms with Crippen LogP contribution in [0, 0.1) is 0 Å². The molecule has 0 bridgehead atoms. The van der Waals surface area contributed by atoms with Crippen LogP contribution in [0.2, 0.25) is 0 Å². The number of hydrogen-bond acceptors (Lipinski definition) is 5. The number of carboxylic acids is 1. The minimum atomic E-state index is -1.11. The number of aromatic nitrogens is 4. The Morgan fingerprint density at radius 3 is 2.85 bits per heavy atom. The summed E-state index contributed by atoms with van der Waals surface area (Å²) >= 11 is 0. The molecule has 0 saturated heterocycles. The van der Waals surface area contributed by atoms with Gasteiger partial charge in [0.15, 0.2) is 11.9 Å². The van der Waals surface area contributed by atoms with Crippen LogP contribution in [0.3, 0.4) is 0 Å². The minimum absolute atomic E-state index is 0.00519. The molecule has 0 aliphatic rings. The summed E-state index contributed by atoms with van der Waals surface area (Å²) < 4.78 is 2.94. The lowest BCUT2D eigenvalue weighted by Crippen LogP contribution is -2.28. The monoisotopic (exact) mass is 277 g/mol. The van der Waals surface area contributed by atoms with Gasteiger partial charge in [0.1, 0.15) is 0 Å². The number of anilines is 1. The van der Waals surface area contributed by atoms with Crippen molar-refractivity contribution in [3.8, 4) is 0 Å². The van der Waals surface area contributed by atoms with E-state index in [1.54, 1.807) is 19.4 Å². The molecule has 2 aromatic heterocycles. The summed E-state index contributed by atoms with van der Waals surface area (Å²) in [5, 5.41) is 15.9. The van der Waals surface area contributed by atoms with Crippen LogP contribution < -0.4 is 10.9 Å². The first kappa shape index (κ1) is 13.8. The molecule has 106 valence electrons. The highest BCUT2D eigenvalue weighted by atomic mass is 16.4. The Morgan fingerprint density at radius 1 is 1.55 bits per heavy atom. The Kier molecular flexibility index (Phi) is 3.83. The van der Waals surface area contributed by atoms with Gasteiger partial charge in [-0.3, -0.25) is 9.48 Å². The van der Waals surface area contributed by atoms with Gasteiger partial charge in [-0.05, 0) is 6.92 Å². The van der Waals surface area contributed by atoms with Gasteiger partial charge in [-0.2, -0.15) is 5.10 Å². The standard InChI is InChI=1S/C12H15N5O3/c1-3-17-5-4-13-10(11(17)18)15-9(12(19)20)8-6-14-16(2)7-8/h4-7,9H,3H2,1-2H3,(H,13,15)(H,19,20). The van der Waals surface area contributed by atoms with Crippen LogP contribution in [0.1, 0.15) is 18.5 Å². The van der Waals surface area contributed by atoms with E-state index in [9.17, 15) is 14.7 Å². The predicted octanol–water partition coefficient (Wildman–Crippen LogP) is 0.234. The number of nitrogens with one attached hydrogen (secondary N) is 1. The summed E-state index contributed by atoms with van der Waals surface area (Å²) in [5.74, 6) is -1.10. The zero-order chi connectivity index (χ0) is 14.7. The second-order valence-corrected chi connectivity index (χ2v) is 4.23. The highest BCUT2D eigenvalue weighted by molar-refractivity contribution is 5.78. The maximum Gasteiger partial charge on any atom is 0.330 e. The summed E-state index contributed by atoms with van der Waals surface area (Å²) in [6.07, 6.45) is 6.02. The molecule has 1 atom stereocenters. The van der Waals surface area contributed by atoms with Crippen molar-refractivity contribution in [3.05, 3.63) is 40.7 Å². The molecule has 2 heterocycles.